The second kappa shape index (κ2) is 5.07. The molecule has 4 heteroatoms. The highest BCUT2D eigenvalue weighted by Crippen LogP contribution is 2.37. The molecule has 0 bridgehead atoms. The summed E-state index contributed by atoms with van der Waals surface area (Å²) in [5, 5.41) is 10.5. The van der Waals surface area contributed by atoms with Gasteiger partial charge >= 0.3 is 0 Å². The Morgan fingerprint density at radius 2 is 1.71 bits per heavy atom. The van der Waals surface area contributed by atoms with Crippen molar-refractivity contribution >= 4 is 11.5 Å². The van der Waals surface area contributed by atoms with Gasteiger partial charge in [-0.15, -0.1) is 0 Å². The van der Waals surface area contributed by atoms with Crippen molar-refractivity contribution in [2.45, 2.75) is 5.79 Å². The molecule has 1 unspecified atom stereocenters. The number of hydrogen-bond acceptors (Lipinski definition) is 4. The topological polar surface area (TPSA) is 55.8 Å². The minimum atomic E-state index is -1.95. The largest absolute Gasteiger partial charge is 0.497 e. The Morgan fingerprint density at radius 1 is 1.05 bits per heavy atom. The van der Waals surface area contributed by atoms with E-state index in [0.717, 1.165) is 0 Å². The molecule has 1 aliphatic heterocycles. The number of benzene rings is 2. The van der Waals surface area contributed by atoms with Gasteiger partial charge in [0.15, 0.2) is 0 Å². The van der Waals surface area contributed by atoms with Gasteiger partial charge in [0.05, 0.1) is 7.11 Å². The Labute approximate surface area is 122 Å². The highest BCUT2D eigenvalue weighted by atomic mass is 16.6. The number of aliphatic hydroxyl groups is 1. The summed E-state index contributed by atoms with van der Waals surface area (Å²) in [6.45, 7) is 0. The molecule has 0 aliphatic carbocycles. The number of carbonyl (C=O) groups is 1. The van der Waals surface area contributed by atoms with Crippen LogP contribution in [-0.4, -0.2) is 18.0 Å². The zero-order chi connectivity index (χ0) is 14.9. The fourth-order valence-electron chi connectivity index (χ4n) is 2.22. The van der Waals surface area contributed by atoms with Crippen LogP contribution in [0.2, 0.25) is 0 Å². The molecule has 1 N–H and O–H groups in total. The third-order valence-electron chi connectivity index (χ3n) is 3.39. The second-order valence-electron chi connectivity index (χ2n) is 4.71. The number of hydrogen-bond donors (Lipinski definition) is 1. The van der Waals surface area contributed by atoms with E-state index < -0.39 is 11.6 Å². The maximum Gasteiger partial charge on any atom is 0.299 e. The highest BCUT2D eigenvalue weighted by Gasteiger charge is 2.44. The van der Waals surface area contributed by atoms with E-state index in [9.17, 15) is 9.90 Å². The molecule has 2 aromatic carbocycles. The molecule has 2 aromatic rings. The highest BCUT2D eigenvalue weighted by molar-refractivity contribution is 6.04. The zero-order valence-corrected chi connectivity index (χ0v) is 11.4. The van der Waals surface area contributed by atoms with Crippen molar-refractivity contribution in [3.05, 3.63) is 71.8 Å². The Balaban J connectivity index is 1.91. The van der Waals surface area contributed by atoms with E-state index >= 15 is 0 Å². The summed E-state index contributed by atoms with van der Waals surface area (Å²) in [7, 11) is 1.58. The Hall–Kier alpha value is -2.59. The summed E-state index contributed by atoms with van der Waals surface area (Å²) in [6, 6.07) is 15.7. The van der Waals surface area contributed by atoms with Crippen molar-refractivity contribution < 1.29 is 19.4 Å². The smallest absolute Gasteiger partial charge is 0.299 e. The molecule has 4 nitrogen and oxygen atoms in total. The Kier molecular flexibility index (Phi) is 3.23. The number of carbonyl (C=O) groups excluding carboxylic acids is 1. The molecule has 3 rings (SSSR count). The van der Waals surface area contributed by atoms with Gasteiger partial charge in [-0.05, 0) is 24.3 Å². The van der Waals surface area contributed by atoms with E-state index in [1.54, 1.807) is 55.6 Å². The van der Waals surface area contributed by atoms with Crippen molar-refractivity contribution in [2.75, 3.05) is 7.11 Å². The molecule has 0 spiro atoms. The predicted octanol–water partition coefficient (Wildman–Crippen LogP) is 2.48. The average Bonchev–Trinajstić information content (AvgIpc) is 2.85. The van der Waals surface area contributed by atoms with Crippen molar-refractivity contribution in [1.82, 2.24) is 0 Å². The maximum absolute atomic E-state index is 12.1. The first-order valence-corrected chi connectivity index (χ1v) is 6.51. The number of methoxy groups -OCH3 is 1. The molecule has 0 fully saturated rings. The maximum atomic E-state index is 12.1. The molecular weight excluding hydrogens is 268 g/mol. The predicted molar refractivity (Wildman–Crippen MR) is 77.4 cm³/mol. The van der Waals surface area contributed by atoms with Crippen LogP contribution in [-0.2, 0) is 15.3 Å². The number of ether oxygens (including phenoxy) is 2. The van der Waals surface area contributed by atoms with E-state index in [1.165, 1.54) is 6.08 Å². The third-order valence-corrected chi connectivity index (χ3v) is 3.39. The fourth-order valence-corrected chi connectivity index (χ4v) is 2.22. The molecule has 0 aromatic heterocycles. The normalized spacial score (nSPS) is 20.9. The number of ketones is 1. The minimum absolute atomic E-state index is 0.342. The van der Waals surface area contributed by atoms with E-state index in [4.69, 9.17) is 9.47 Å². The van der Waals surface area contributed by atoms with Crippen LogP contribution < -0.4 is 4.74 Å². The zero-order valence-electron chi connectivity index (χ0n) is 11.4. The van der Waals surface area contributed by atoms with Gasteiger partial charge in [0.1, 0.15) is 11.5 Å². The first kappa shape index (κ1) is 13.4. The first-order chi connectivity index (χ1) is 10.1. The summed E-state index contributed by atoms with van der Waals surface area (Å²) in [5.74, 6) is -1.38. The third kappa shape index (κ3) is 2.30. The lowest BCUT2D eigenvalue weighted by Gasteiger charge is -2.22. The van der Waals surface area contributed by atoms with Gasteiger partial charge < -0.3 is 14.6 Å². The lowest BCUT2D eigenvalue weighted by molar-refractivity contribution is -0.173. The van der Waals surface area contributed by atoms with Gasteiger partial charge in [0.25, 0.3) is 5.79 Å². The van der Waals surface area contributed by atoms with Crippen LogP contribution in [0.25, 0.3) is 5.76 Å². The monoisotopic (exact) mass is 282 g/mol. The van der Waals surface area contributed by atoms with Crippen molar-refractivity contribution in [3.63, 3.8) is 0 Å². The lowest BCUT2D eigenvalue weighted by atomic mass is 10.0. The fraction of sp³-hybridized carbons (Fsp3) is 0.118. The van der Waals surface area contributed by atoms with E-state index in [-0.39, 0.29) is 0 Å². The van der Waals surface area contributed by atoms with Crippen LogP contribution >= 0.6 is 0 Å². The van der Waals surface area contributed by atoms with Crippen LogP contribution in [0, 0.1) is 0 Å². The molecule has 0 saturated heterocycles. The van der Waals surface area contributed by atoms with Crippen LogP contribution in [0.3, 0.4) is 0 Å². The molecule has 0 radical (unpaired) electrons. The minimum Gasteiger partial charge on any atom is -0.497 e. The van der Waals surface area contributed by atoms with Crippen LogP contribution in [0.5, 0.6) is 5.75 Å². The van der Waals surface area contributed by atoms with Crippen molar-refractivity contribution in [1.29, 1.82) is 0 Å². The van der Waals surface area contributed by atoms with Gasteiger partial charge in [-0.2, -0.15) is 0 Å². The molecule has 21 heavy (non-hydrogen) atoms. The Morgan fingerprint density at radius 3 is 2.33 bits per heavy atom. The summed E-state index contributed by atoms with van der Waals surface area (Å²) in [5.41, 5.74) is 1.12. The first-order valence-electron chi connectivity index (χ1n) is 6.51. The molecule has 1 atom stereocenters. The van der Waals surface area contributed by atoms with Gasteiger partial charge in [-0.25, -0.2) is 0 Å². The second-order valence-corrected chi connectivity index (χ2v) is 4.71. The quantitative estimate of drug-likeness (QED) is 0.939. The summed E-state index contributed by atoms with van der Waals surface area (Å²) in [4.78, 5) is 12.1. The van der Waals surface area contributed by atoms with Crippen LogP contribution in [0.1, 0.15) is 11.1 Å². The van der Waals surface area contributed by atoms with Gasteiger partial charge in [-0.3, -0.25) is 4.79 Å². The van der Waals surface area contributed by atoms with E-state index in [2.05, 4.69) is 0 Å². The lowest BCUT2D eigenvalue weighted by Crippen LogP contribution is -2.32. The van der Waals surface area contributed by atoms with Crippen LogP contribution in [0.4, 0.5) is 0 Å². The molecular formula is C17H14O4. The molecule has 1 aliphatic rings. The SMILES string of the molecule is COc1ccc(C2=CC(=O)C(O)(c3ccccc3)O2)cc1. The summed E-state index contributed by atoms with van der Waals surface area (Å²) < 4.78 is 10.6. The van der Waals surface area contributed by atoms with E-state index in [0.29, 0.717) is 22.6 Å². The standard InChI is InChI=1S/C17H14O4/c1-20-14-9-7-12(8-10-14)15-11-16(18)17(19,21-15)13-5-3-2-4-6-13/h2-11,19H,1H3. The Bertz CT molecular complexity index is 688. The van der Waals surface area contributed by atoms with Gasteiger partial charge in [-0.1, -0.05) is 30.3 Å². The van der Waals surface area contributed by atoms with Crippen molar-refractivity contribution in [3.8, 4) is 5.75 Å². The summed E-state index contributed by atoms with van der Waals surface area (Å²) >= 11 is 0. The van der Waals surface area contributed by atoms with E-state index in [1.807, 2.05) is 6.07 Å². The summed E-state index contributed by atoms with van der Waals surface area (Å²) in [6.07, 6.45) is 1.31. The van der Waals surface area contributed by atoms with Gasteiger partial charge in [0, 0.05) is 17.2 Å². The molecule has 1 heterocycles. The average molecular weight is 282 g/mol. The van der Waals surface area contributed by atoms with Crippen molar-refractivity contribution in [2.24, 2.45) is 0 Å². The molecule has 0 saturated carbocycles. The van der Waals surface area contributed by atoms with Gasteiger partial charge in [0.2, 0.25) is 5.78 Å². The molecule has 106 valence electrons. The molecule has 0 amide bonds. The number of rotatable bonds is 3. The van der Waals surface area contributed by atoms with Crippen LogP contribution in [0.15, 0.2) is 60.7 Å².